The molecule has 18 nitrogen and oxygen atoms in total. The number of β-amino-alcohol motifs (C(OH)–C–C–N with tert-alkyl or cyclic N) is 1. The lowest BCUT2D eigenvalue weighted by Gasteiger charge is -2.35. The number of anilines is 2. The number of pyridine rings is 1. The number of amides is 3. The fourth-order valence-electron chi connectivity index (χ4n) is 8.02. The highest BCUT2D eigenvalue weighted by molar-refractivity contribution is 7.92. The summed E-state index contributed by atoms with van der Waals surface area (Å²) < 4.78 is 56.1. The number of carbonyl (C=O) groups is 3. The van der Waals surface area contributed by atoms with Crippen molar-refractivity contribution in [1.29, 1.82) is 0 Å². The van der Waals surface area contributed by atoms with Gasteiger partial charge in [-0.1, -0.05) is 45.0 Å². The number of nitrogens with one attached hydrogen (secondary N) is 3. The summed E-state index contributed by atoms with van der Waals surface area (Å²) in [7, 11) is -3.83. The molecular weight excluding hydrogens is 995 g/mol. The minimum atomic E-state index is -3.83. The largest absolute Gasteiger partial charge is 0.490 e. The standard InChI is InChI=1S/C52H65N7O11S3/c1-33-47(72-31-55-33)35-10-8-34(9-11-35)28-54-49(62)42-25-37(60)29-59(42)50(63)48(51(2,3)4)58-46(61)30-69-21-20-67-17-16-66-18-19-68-22-23-70-43-27-40-38(26-45(43)73(64,65)52(5,6)7)39(14-15-53-40)57-36-12-13-44-41(24-36)56-32-71-44/h8-15,24,26-27,31-32,37,42,48,60H,16-23,25,28-30H2,1-7H3,(H,53,57)(H,54,62)(H,58,61). The van der Waals surface area contributed by atoms with E-state index < -0.39 is 50.0 Å². The molecule has 1 aliphatic rings. The molecule has 73 heavy (non-hydrogen) atoms. The number of rotatable bonds is 24. The van der Waals surface area contributed by atoms with Crippen molar-refractivity contribution in [2.24, 2.45) is 5.41 Å². The van der Waals surface area contributed by atoms with Crippen LogP contribution in [0.2, 0.25) is 0 Å². The third kappa shape index (κ3) is 14.4. The van der Waals surface area contributed by atoms with Crippen molar-refractivity contribution in [3.8, 4) is 16.2 Å². The summed E-state index contributed by atoms with van der Waals surface area (Å²) in [4.78, 5) is 56.1. The third-order valence-electron chi connectivity index (χ3n) is 12.1. The lowest BCUT2D eigenvalue weighted by molar-refractivity contribution is -0.144. The van der Waals surface area contributed by atoms with E-state index in [0.29, 0.717) is 16.6 Å². The molecule has 0 bridgehead atoms. The molecule has 1 fully saturated rings. The smallest absolute Gasteiger partial charge is 0.246 e. The average molecular weight is 1060 g/mol. The van der Waals surface area contributed by atoms with Gasteiger partial charge in [0.1, 0.15) is 35.9 Å². The van der Waals surface area contributed by atoms with Crippen LogP contribution in [0, 0.1) is 12.3 Å². The van der Waals surface area contributed by atoms with Gasteiger partial charge in [-0.05, 0) is 74.6 Å². The highest BCUT2D eigenvalue weighted by Crippen LogP contribution is 2.38. The van der Waals surface area contributed by atoms with Gasteiger partial charge in [0.05, 0.1) is 94.4 Å². The van der Waals surface area contributed by atoms with Crippen molar-refractivity contribution in [3.05, 3.63) is 89.1 Å². The van der Waals surface area contributed by atoms with Crippen LogP contribution in [0.3, 0.4) is 0 Å². The highest BCUT2D eigenvalue weighted by atomic mass is 32.2. The van der Waals surface area contributed by atoms with E-state index in [0.717, 1.165) is 37.6 Å². The Balaban J connectivity index is 0.779. The maximum Gasteiger partial charge on any atom is 0.246 e. The molecule has 1 saturated heterocycles. The zero-order valence-corrected chi connectivity index (χ0v) is 44.7. The number of nitrogens with zero attached hydrogens (tertiary/aromatic N) is 4. The molecule has 3 unspecified atom stereocenters. The van der Waals surface area contributed by atoms with Crippen molar-refractivity contribution in [2.45, 2.75) is 89.3 Å². The molecule has 1 aliphatic heterocycles. The van der Waals surface area contributed by atoms with Gasteiger partial charge in [-0.3, -0.25) is 19.4 Å². The van der Waals surface area contributed by atoms with E-state index in [1.54, 1.807) is 78.9 Å². The zero-order valence-electron chi connectivity index (χ0n) is 42.3. The van der Waals surface area contributed by atoms with Gasteiger partial charge in [-0.25, -0.2) is 18.4 Å². The third-order valence-corrected chi connectivity index (χ3v) is 16.4. The summed E-state index contributed by atoms with van der Waals surface area (Å²) in [6, 6.07) is 16.9. The first-order chi connectivity index (χ1) is 34.8. The number of hydrogen-bond acceptors (Lipinski definition) is 17. The maximum atomic E-state index is 14.0. The first-order valence-electron chi connectivity index (χ1n) is 24.1. The van der Waals surface area contributed by atoms with Gasteiger partial charge in [0.15, 0.2) is 9.84 Å². The van der Waals surface area contributed by atoms with Crippen LogP contribution in [0.15, 0.2) is 82.8 Å². The number of ether oxygens (including phenoxy) is 5. The number of aliphatic hydroxyl groups excluding tert-OH is 1. The van der Waals surface area contributed by atoms with Crippen LogP contribution >= 0.6 is 22.7 Å². The number of likely N-dealkylation sites (tertiary alicyclic amines) is 1. The minimum Gasteiger partial charge on any atom is -0.490 e. The summed E-state index contributed by atoms with van der Waals surface area (Å²) in [6.45, 7) is 14.0. The second-order valence-electron chi connectivity index (χ2n) is 19.6. The second kappa shape index (κ2) is 24.6. The van der Waals surface area contributed by atoms with E-state index in [9.17, 15) is 27.9 Å². The Hall–Kier alpha value is -5.65. The molecule has 4 heterocycles. The number of aryl methyl sites for hydroxylation is 1. The molecule has 3 amide bonds. The topological polar surface area (TPSA) is 230 Å². The monoisotopic (exact) mass is 1060 g/mol. The summed E-state index contributed by atoms with van der Waals surface area (Å²) in [5, 5.41) is 20.3. The first-order valence-corrected chi connectivity index (χ1v) is 27.3. The van der Waals surface area contributed by atoms with Crippen LogP contribution in [0.25, 0.3) is 31.6 Å². The van der Waals surface area contributed by atoms with Gasteiger partial charge < -0.3 is 49.6 Å². The second-order valence-corrected chi connectivity index (χ2v) is 24.0. The number of aliphatic hydroxyl groups is 1. The van der Waals surface area contributed by atoms with Gasteiger partial charge >= 0.3 is 0 Å². The molecule has 7 rings (SSSR count). The minimum absolute atomic E-state index is 0.0324. The Labute approximate surface area is 434 Å². The van der Waals surface area contributed by atoms with Crippen molar-refractivity contribution >= 4 is 82.7 Å². The summed E-state index contributed by atoms with van der Waals surface area (Å²) in [6.07, 6.45) is 0.852. The fourth-order valence-corrected chi connectivity index (χ4v) is 10.8. The van der Waals surface area contributed by atoms with Crippen LogP contribution in [0.5, 0.6) is 5.75 Å². The molecule has 0 aliphatic carbocycles. The number of thiazole rings is 2. The Bertz CT molecular complexity index is 2950. The predicted molar refractivity (Wildman–Crippen MR) is 282 cm³/mol. The van der Waals surface area contributed by atoms with Gasteiger partial charge in [0.2, 0.25) is 17.7 Å². The van der Waals surface area contributed by atoms with Crippen LogP contribution < -0.4 is 20.7 Å². The van der Waals surface area contributed by atoms with Crippen molar-refractivity contribution in [1.82, 2.24) is 30.5 Å². The van der Waals surface area contributed by atoms with E-state index in [2.05, 4.69) is 30.9 Å². The molecule has 6 aromatic rings. The van der Waals surface area contributed by atoms with Crippen LogP contribution in [-0.2, 0) is 49.7 Å². The molecular formula is C52H65N7O11S3. The van der Waals surface area contributed by atoms with Gasteiger partial charge in [-0.2, -0.15) is 0 Å². The summed E-state index contributed by atoms with van der Waals surface area (Å²) in [5.74, 6) is -1.16. The van der Waals surface area contributed by atoms with Crippen LogP contribution in [0.4, 0.5) is 11.4 Å². The van der Waals surface area contributed by atoms with Crippen LogP contribution in [0.1, 0.15) is 59.2 Å². The quantitative estimate of drug-likeness (QED) is 0.0455. The molecule has 21 heteroatoms. The fraction of sp³-hybridized carbons (Fsp3) is 0.462. The zero-order chi connectivity index (χ0) is 52.3. The molecule has 3 atom stereocenters. The molecule has 0 spiro atoms. The average Bonchev–Trinajstić information content (AvgIpc) is 4.11. The Morgan fingerprint density at radius 1 is 0.808 bits per heavy atom. The van der Waals surface area contributed by atoms with E-state index in [-0.39, 0.29) is 95.5 Å². The molecule has 392 valence electrons. The molecule has 3 aromatic carbocycles. The Morgan fingerprint density at radius 3 is 2.14 bits per heavy atom. The number of fused-ring (bicyclic) bond motifs is 2. The molecule has 4 N–H and O–H groups in total. The van der Waals surface area contributed by atoms with Crippen molar-refractivity contribution in [2.75, 3.05) is 71.3 Å². The lowest BCUT2D eigenvalue weighted by Crippen LogP contribution is -2.58. The predicted octanol–water partition coefficient (Wildman–Crippen LogP) is 6.85. The van der Waals surface area contributed by atoms with E-state index >= 15 is 0 Å². The van der Waals surface area contributed by atoms with E-state index in [4.69, 9.17) is 23.7 Å². The van der Waals surface area contributed by atoms with E-state index in [1.165, 1.54) is 4.90 Å². The Morgan fingerprint density at radius 2 is 1.48 bits per heavy atom. The summed E-state index contributed by atoms with van der Waals surface area (Å²) >= 11 is 3.12. The van der Waals surface area contributed by atoms with Crippen LogP contribution in [-0.4, -0.2) is 140 Å². The van der Waals surface area contributed by atoms with E-state index in [1.807, 2.05) is 70.2 Å². The SMILES string of the molecule is Cc1ncsc1-c1ccc(CNC(=O)C2CC(O)CN2C(=O)C(NC(=O)COCCOCCOCCOCCOc2cc3nccc(Nc4ccc5scnc5c4)c3cc2S(=O)(=O)C(C)(C)C)C(C)(C)C)cc1. The van der Waals surface area contributed by atoms with Gasteiger partial charge in [0.25, 0.3) is 0 Å². The first kappa shape index (κ1) is 55.1. The highest BCUT2D eigenvalue weighted by Gasteiger charge is 2.44. The van der Waals surface area contributed by atoms with Gasteiger partial charge in [0, 0.05) is 48.5 Å². The number of carbonyl (C=O) groups excluding carboxylic acids is 3. The maximum absolute atomic E-state index is 14.0. The normalized spacial score (nSPS) is 15.7. The molecule has 0 saturated carbocycles. The van der Waals surface area contributed by atoms with Gasteiger partial charge in [-0.15, -0.1) is 22.7 Å². The number of sulfone groups is 1. The molecule has 3 aromatic heterocycles. The summed E-state index contributed by atoms with van der Waals surface area (Å²) in [5.41, 5.74) is 8.69. The molecule has 0 radical (unpaired) electrons. The van der Waals surface area contributed by atoms with Crippen molar-refractivity contribution < 1.29 is 51.6 Å². The number of aromatic nitrogens is 3. The number of hydrogen-bond donors (Lipinski definition) is 4. The Kier molecular flexibility index (Phi) is 18.6. The lowest BCUT2D eigenvalue weighted by atomic mass is 9.85. The van der Waals surface area contributed by atoms with Crippen molar-refractivity contribution in [3.63, 3.8) is 0 Å². The number of benzene rings is 3.